The Kier molecular flexibility index (Phi) is 5.26. The Labute approximate surface area is 141 Å². The van der Waals surface area contributed by atoms with Crippen molar-refractivity contribution in [3.8, 4) is 0 Å². The van der Waals surface area contributed by atoms with Crippen molar-refractivity contribution in [2.45, 2.75) is 50.8 Å². The number of halogens is 1. The molecule has 0 bridgehead atoms. The van der Waals surface area contributed by atoms with E-state index in [1.807, 2.05) is 0 Å². The zero-order valence-corrected chi connectivity index (χ0v) is 13.7. The van der Waals surface area contributed by atoms with Crippen LogP contribution in [0, 0.1) is 5.82 Å². The number of aliphatic hydroxyl groups is 1. The summed E-state index contributed by atoms with van der Waals surface area (Å²) in [5.41, 5.74) is 0.602. The van der Waals surface area contributed by atoms with Crippen molar-refractivity contribution in [2.24, 2.45) is 0 Å². The summed E-state index contributed by atoms with van der Waals surface area (Å²) in [6.07, 6.45) is 2.84. The number of rotatable bonds is 7. The van der Waals surface area contributed by atoms with E-state index < -0.39 is 6.10 Å². The average Bonchev–Trinajstić information content (AvgIpc) is 2.79. The fourth-order valence-corrected chi connectivity index (χ4v) is 3.31. The Balaban J connectivity index is 1.62. The second-order valence-electron chi connectivity index (χ2n) is 6.66. The molecule has 3 rings (SSSR count). The van der Waals surface area contributed by atoms with E-state index in [1.54, 1.807) is 18.2 Å². The maximum absolute atomic E-state index is 13.9. The third-order valence-electron chi connectivity index (χ3n) is 4.92. The number of benzene rings is 1. The minimum absolute atomic E-state index is 0.0260. The number of hydrogen-bond donors (Lipinski definition) is 1. The van der Waals surface area contributed by atoms with Crippen LogP contribution in [-0.4, -0.2) is 52.0 Å². The Bertz CT molecular complexity index is 602. The molecule has 1 unspecified atom stereocenters. The topological polar surface area (TPSA) is 60.9 Å². The lowest BCUT2D eigenvalue weighted by Crippen LogP contribution is -2.47. The SMILES string of the molecule is O=C1CCC(=O)N1CC(O)CN(Cc1ccccc1F)C1CCC1. The summed E-state index contributed by atoms with van der Waals surface area (Å²) < 4.78 is 13.9. The van der Waals surface area contributed by atoms with Gasteiger partial charge in [0.2, 0.25) is 11.8 Å². The van der Waals surface area contributed by atoms with E-state index in [1.165, 1.54) is 6.07 Å². The molecule has 1 saturated carbocycles. The standard InChI is InChI=1S/C18H23FN2O3/c19-16-7-2-1-4-13(16)10-20(14-5-3-6-14)11-15(22)12-21-17(23)8-9-18(21)24/h1-2,4,7,14-15,22H,3,5-6,8-12H2. The summed E-state index contributed by atoms with van der Waals surface area (Å²) in [7, 11) is 0. The molecule has 6 heteroatoms. The number of nitrogens with zero attached hydrogens (tertiary/aromatic N) is 2. The highest BCUT2D eigenvalue weighted by Crippen LogP contribution is 2.27. The van der Waals surface area contributed by atoms with Crippen molar-refractivity contribution >= 4 is 11.8 Å². The number of likely N-dealkylation sites (tertiary alicyclic amines) is 1. The Morgan fingerprint density at radius 2 is 1.88 bits per heavy atom. The van der Waals surface area contributed by atoms with Gasteiger partial charge in [0.15, 0.2) is 0 Å². The van der Waals surface area contributed by atoms with Crippen molar-refractivity contribution < 1.29 is 19.1 Å². The summed E-state index contributed by atoms with van der Waals surface area (Å²) in [5, 5.41) is 10.3. The Hall–Kier alpha value is -1.79. The van der Waals surface area contributed by atoms with Crippen LogP contribution in [0.1, 0.15) is 37.7 Å². The molecule has 1 saturated heterocycles. The molecule has 2 fully saturated rings. The lowest BCUT2D eigenvalue weighted by Gasteiger charge is -2.39. The van der Waals surface area contributed by atoms with Crippen LogP contribution < -0.4 is 0 Å². The third-order valence-corrected chi connectivity index (χ3v) is 4.92. The highest BCUT2D eigenvalue weighted by molar-refractivity contribution is 6.01. The van der Waals surface area contributed by atoms with Crippen LogP contribution in [0.2, 0.25) is 0 Å². The van der Waals surface area contributed by atoms with Gasteiger partial charge in [-0.05, 0) is 18.9 Å². The van der Waals surface area contributed by atoms with E-state index in [9.17, 15) is 19.1 Å². The number of carbonyl (C=O) groups is 2. The second-order valence-corrected chi connectivity index (χ2v) is 6.66. The number of β-amino-alcohol motifs (C(OH)–C–C–N with tert-alkyl or cyclic N) is 1. The zero-order chi connectivity index (χ0) is 17.1. The van der Waals surface area contributed by atoms with Gasteiger partial charge < -0.3 is 5.11 Å². The molecular weight excluding hydrogens is 311 g/mol. The highest BCUT2D eigenvalue weighted by Gasteiger charge is 2.32. The van der Waals surface area contributed by atoms with E-state index in [0.717, 1.165) is 24.2 Å². The summed E-state index contributed by atoms with van der Waals surface area (Å²) in [6, 6.07) is 6.97. The van der Waals surface area contributed by atoms with E-state index in [2.05, 4.69) is 4.90 Å². The fourth-order valence-electron chi connectivity index (χ4n) is 3.31. The van der Waals surface area contributed by atoms with Crippen molar-refractivity contribution in [2.75, 3.05) is 13.1 Å². The summed E-state index contributed by atoms with van der Waals surface area (Å²) in [6.45, 7) is 0.782. The molecule has 1 aliphatic carbocycles. The molecule has 2 amide bonds. The van der Waals surface area contributed by atoms with Crippen molar-refractivity contribution in [1.29, 1.82) is 0 Å². The predicted octanol–water partition coefficient (Wildman–Crippen LogP) is 1.69. The van der Waals surface area contributed by atoms with Crippen LogP contribution in [0.5, 0.6) is 0 Å². The Morgan fingerprint density at radius 1 is 1.21 bits per heavy atom. The van der Waals surface area contributed by atoms with Crippen LogP contribution in [0.15, 0.2) is 24.3 Å². The second kappa shape index (κ2) is 7.40. The van der Waals surface area contributed by atoms with Gasteiger partial charge in [-0.2, -0.15) is 0 Å². The van der Waals surface area contributed by atoms with Gasteiger partial charge in [0, 0.05) is 37.5 Å². The molecule has 1 N–H and O–H groups in total. The van der Waals surface area contributed by atoms with E-state index in [0.29, 0.717) is 24.7 Å². The third kappa shape index (κ3) is 3.82. The van der Waals surface area contributed by atoms with Gasteiger partial charge in [0.25, 0.3) is 0 Å². The molecule has 130 valence electrons. The average molecular weight is 334 g/mol. The molecule has 1 aromatic carbocycles. The number of carbonyl (C=O) groups excluding carboxylic acids is 2. The molecule has 1 heterocycles. The number of hydrogen-bond acceptors (Lipinski definition) is 4. The first-order valence-electron chi connectivity index (χ1n) is 8.53. The summed E-state index contributed by atoms with van der Waals surface area (Å²) >= 11 is 0. The molecule has 24 heavy (non-hydrogen) atoms. The lowest BCUT2D eigenvalue weighted by atomic mass is 9.90. The molecule has 0 aromatic heterocycles. The van der Waals surface area contributed by atoms with E-state index >= 15 is 0 Å². The minimum Gasteiger partial charge on any atom is -0.390 e. The molecule has 1 aliphatic heterocycles. The number of amides is 2. The van der Waals surface area contributed by atoms with E-state index in [-0.39, 0.29) is 37.0 Å². The van der Waals surface area contributed by atoms with Crippen molar-refractivity contribution in [3.05, 3.63) is 35.6 Å². The van der Waals surface area contributed by atoms with Crippen LogP contribution in [0.3, 0.4) is 0 Å². The maximum atomic E-state index is 13.9. The van der Waals surface area contributed by atoms with Gasteiger partial charge in [0.1, 0.15) is 5.82 Å². The first-order chi connectivity index (χ1) is 11.5. The smallest absolute Gasteiger partial charge is 0.229 e. The molecule has 1 atom stereocenters. The lowest BCUT2D eigenvalue weighted by molar-refractivity contribution is -0.140. The number of aliphatic hydroxyl groups excluding tert-OH is 1. The molecule has 0 spiro atoms. The van der Waals surface area contributed by atoms with Crippen LogP contribution in [-0.2, 0) is 16.1 Å². The van der Waals surface area contributed by atoms with Crippen LogP contribution in [0.4, 0.5) is 4.39 Å². The van der Waals surface area contributed by atoms with Gasteiger partial charge in [0.05, 0.1) is 12.6 Å². The van der Waals surface area contributed by atoms with Gasteiger partial charge in [-0.3, -0.25) is 19.4 Å². The molecular formula is C18H23FN2O3. The highest BCUT2D eigenvalue weighted by atomic mass is 19.1. The molecule has 0 radical (unpaired) electrons. The molecule has 5 nitrogen and oxygen atoms in total. The van der Waals surface area contributed by atoms with Gasteiger partial charge in [-0.15, -0.1) is 0 Å². The maximum Gasteiger partial charge on any atom is 0.229 e. The van der Waals surface area contributed by atoms with Crippen LogP contribution in [0.25, 0.3) is 0 Å². The van der Waals surface area contributed by atoms with Crippen molar-refractivity contribution in [3.63, 3.8) is 0 Å². The largest absolute Gasteiger partial charge is 0.390 e. The number of imide groups is 1. The minimum atomic E-state index is -0.816. The van der Waals surface area contributed by atoms with Gasteiger partial charge >= 0.3 is 0 Å². The van der Waals surface area contributed by atoms with E-state index in [4.69, 9.17) is 0 Å². The first-order valence-corrected chi connectivity index (χ1v) is 8.53. The molecule has 1 aromatic rings. The fraction of sp³-hybridized carbons (Fsp3) is 0.556. The summed E-state index contributed by atoms with van der Waals surface area (Å²) in [4.78, 5) is 26.6. The predicted molar refractivity (Wildman–Crippen MR) is 86.4 cm³/mol. The Morgan fingerprint density at radius 3 is 2.46 bits per heavy atom. The zero-order valence-electron chi connectivity index (χ0n) is 13.7. The quantitative estimate of drug-likeness (QED) is 0.771. The first kappa shape index (κ1) is 17.0. The van der Waals surface area contributed by atoms with Gasteiger partial charge in [-0.1, -0.05) is 24.6 Å². The molecule has 2 aliphatic rings. The van der Waals surface area contributed by atoms with Crippen LogP contribution >= 0.6 is 0 Å². The summed E-state index contributed by atoms with van der Waals surface area (Å²) in [5.74, 6) is -0.687. The normalized spacial score (nSPS) is 19.9. The van der Waals surface area contributed by atoms with Crippen molar-refractivity contribution in [1.82, 2.24) is 9.80 Å². The monoisotopic (exact) mass is 334 g/mol. The van der Waals surface area contributed by atoms with Gasteiger partial charge in [-0.25, -0.2) is 4.39 Å².